The Balaban J connectivity index is 1.39. The fourth-order valence-corrected chi connectivity index (χ4v) is 4.88. The van der Waals surface area contributed by atoms with Crippen molar-refractivity contribution in [3.63, 3.8) is 0 Å². The Morgan fingerprint density at radius 1 is 1.00 bits per heavy atom. The van der Waals surface area contributed by atoms with Crippen molar-refractivity contribution in [2.24, 2.45) is 11.5 Å². The van der Waals surface area contributed by atoms with Gasteiger partial charge in [0.15, 0.2) is 0 Å². The molecule has 1 aromatic carbocycles. The molecule has 6 N–H and O–H groups in total. The molecule has 2 saturated heterocycles. The largest absolute Gasteiger partial charge is 0.480 e. The molecule has 4 rings (SSSR count). The standard InChI is InChI=1S/C26H36N8O5/c1-26(2,28)23(37)32-13-15-33(16-14-32)24(38)29-20-9-12-34(25(39)30-20)19-5-3-17(4-6-19)21(22(35)36)31-10-7-18(27)8-11-31/h3-6,9,12,18,21H,7-8,10-11,13-16,27-28H2,1-2H3,(H,35,36)(H,29,30,38,39). The molecule has 2 aromatic rings. The number of carbonyl (C=O) groups is 3. The minimum Gasteiger partial charge on any atom is -0.480 e. The molecule has 0 radical (unpaired) electrons. The molecule has 1 aromatic heterocycles. The number of carboxylic acid groups (broad SMARTS) is 1. The van der Waals surface area contributed by atoms with Crippen molar-refractivity contribution in [3.8, 4) is 5.69 Å². The average molecular weight is 541 g/mol. The summed E-state index contributed by atoms with van der Waals surface area (Å²) in [6, 6.07) is 7.14. The number of amides is 3. The van der Waals surface area contributed by atoms with Crippen molar-refractivity contribution < 1.29 is 19.5 Å². The Kier molecular flexibility index (Phi) is 8.33. The molecule has 210 valence electrons. The van der Waals surface area contributed by atoms with Crippen LogP contribution in [0.25, 0.3) is 5.69 Å². The maximum atomic E-state index is 12.7. The first-order valence-corrected chi connectivity index (χ1v) is 13.0. The summed E-state index contributed by atoms with van der Waals surface area (Å²) in [5.74, 6) is -1.00. The maximum Gasteiger partial charge on any atom is 0.354 e. The first-order valence-electron chi connectivity index (χ1n) is 13.0. The van der Waals surface area contributed by atoms with E-state index in [9.17, 15) is 24.3 Å². The lowest BCUT2D eigenvalue weighted by Gasteiger charge is -2.37. The number of aliphatic carboxylic acids is 1. The third-order valence-corrected chi connectivity index (χ3v) is 7.10. The molecule has 1 atom stereocenters. The summed E-state index contributed by atoms with van der Waals surface area (Å²) in [7, 11) is 0. The quantitative estimate of drug-likeness (QED) is 0.398. The van der Waals surface area contributed by atoms with Crippen LogP contribution in [0.4, 0.5) is 10.6 Å². The fourth-order valence-electron chi connectivity index (χ4n) is 4.88. The molecule has 1 unspecified atom stereocenters. The van der Waals surface area contributed by atoms with E-state index in [-0.39, 0.29) is 17.8 Å². The molecular weight excluding hydrogens is 504 g/mol. The average Bonchev–Trinajstić information content (AvgIpc) is 2.89. The highest BCUT2D eigenvalue weighted by atomic mass is 16.4. The van der Waals surface area contributed by atoms with Gasteiger partial charge >= 0.3 is 17.7 Å². The van der Waals surface area contributed by atoms with Gasteiger partial charge in [-0.05, 0) is 50.5 Å². The van der Waals surface area contributed by atoms with Gasteiger partial charge in [0.2, 0.25) is 5.91 Å². The van der Waals surface area contributed by atoms with Crippen molar-refractivity contribution in [1.82, 2.24) is 24.3 Å². The molecule has 0 saturated carbocycles. The van der Waals surface area contributed by atoms with E-state index in [1.165, 1.54) is 16.8 Å². The summed E-state index contributed by atoms with van der Waals surface area (Å²) in [4.78, 5) is 58.8. The second kappa shape index (κ2) is 11.5. The number of nitrogens with zero attached hydrogens (tertiary/aromatic N) is 5. The number of urea groups is 1. The normalized spacial score (nSPS) is 18.1. The van der Waals surface area contributed by atoms with Crippen molar-refractivity contribution in [1.29, 1.82) is 0 Å². The van der Waals surface area contributed by atoms with E-state index in [4.69, 9.17) is 11.5 Å². The zero-order valence-corrected chi connectivity index (χ0v) is 22.2. The lowest BCUT2D eigenvalue weighted by atomic mass is 9.99. The first kappa shape index (κ1) is 28.2. The minimum absolute atomic E-state index is 0.0926. The molecule has 2 aliphatic heterocycles. The summed E-state index contributed by atoms with van der Waals surface area (Å²) in [6.07, 6.45) is 2.99. The number of carboxylic acids is 1. The second-order valence-electron chi connectivity index (χ2n) is 10.6. The minimum atomic E-state index is -0.974. The molecule has 39 heavy (non-hydrogen) atoms. The Hall–Kier alpha value is -3.81. The summed E-state index contributed by atoms with van der Waals surface area (Å²) in [5.41, 5.74) is 11.4. The van der Waals surface area contributed by atoms with Gasteiger partial charge in [-0.3, -0.25) is 24.4 Å². The number of nitrogens with two attached hydrogens (primary N) is 2. The van der Waals surface area contributed by atoms with Crippen LogP contribution in [0.1, 0.15) is 38.3 Å². The van der Waals surface area contributed by atoms with E-state index >= 15 is 0 Å². The Morgan fingerprint density at radius 3 is 2.13 bits per heavy atom. The van der Waals surface area contributed by atoms with Gasteiger partial charge in [-0.25, -0.2) is 9.59 Å². The van der Waals surface area contributed by atoms with Crippen molar-refractivity contribution in [3.05, 3.63) is 52.6 Å². The molecule has 0 spiro atoms. The molecule has 2 fully saturated rings. The molecular formula is C26H36N8O5. The van der Waals surface area contributed by atoms with E-state index in [0.29, 0.717) is 50.5 Å². The maximum absolute atomic E-state index is 12.7. The van der Waals surface area contributed by atoms with Crippen LogP contribution < -0.4 is 22.5 Å². The monoisotopic (exact) mass is 540 g/mol. The molecule has 0 bridgehead atoms. The fraction of sp³-hybridized carbons (Fsp3) is 0.500. The van der Waals surface area contributed by atoms with E-state index in [2.05, 4.69) is 10.3 Å². The Labute approximate surface area is 226 Å². The Bertz CT molecular complexity index is 1260. The van der Waals surface area contributed by atoms with Crippen LogP contribution in [-0.4, -0.2) is 98.1 Å². The molecule has 13 heteroatoms. The van der Waals surface area contributed by atoms with Crippen LogP contribution in [0, 0.1) is 0 Å². The van der Waals surface area contributed by atoms with E-state index in [1.54, 1.807) is 47.9 Å². The highest BCUT2D eigenvalue weighted by molar-refractivity contribution is 5.89. The SMILES string of the molecule is CC(C)(N)C(=O)N1CCN(C(=O)Nc2ccn(-c3ccc(C(C(=O)O)N4CCC(N)CC4)cc3)c(=O)n2)CC1. The number of anilines is 1. The van der Waals surface area contributed by atoms with Crippen LogP contribution in [0.5, 0.6) is 0 Å². The topological polar surface area (TPSA) is 180 Å². The van der Waals surface area contributed by atoms with Gasteiger partial charge in [0.05, 0.1) is 11.2 Å². The molecule has 0 aliphatic carbocycles. The number of aromatic nitrogens is 2. The number of piperidine rings is 1. The number of likely N-dealkylation sites (tertiary alicyclic amines) is 1. The van der Waals surface area contributed by atoms with Crippen molar-refractivity contribution in [2.75, 3.05) is 44.6 Å². The third kappa shape index (κ3) is 6.61. The predicted molar refractivity (Wildman–Crippen MR) is 144 cm³/mol. The van der Waals surface area contributed by atoms with Gasteiger partial charge in [-0.15, -0.1) is 0 Å². The number of carbonyl (C=O) groups excluding carboxylic acids is 2. The van der Waals surface area contributed by atoms with Crippen LogP contribution in [0.15, 0.2) is 41.3 Å². The molecule has 2 aliphatic rings. The lowest BCUT2D eigenvalue weighted by Crippen LogP contribution is -2.58. The number of benzene rings is 1. The second-order valence-corrected chi connectivity index (χ2v) is 10.6. The van der Waals surface area contributed by atoms with Crippen molar-refractivity contribution in [2.45, 2.75) is 44.3 Å². The number of rotatable bonds is 6. The van der Waals surface area contributed by atoms with E-state index < -0.39 is 29.3 Å². The number of piperazine rings is 1. The smallest absolute Gasteiger partial charge is 0.354 e. The highest BCUT2D eigenvalue weighted by Crippen LogP contribution is 2.25. The van der Waals surface area contributed by atoms with E-state index in [1.807, 2.05) is 4.90 Å². The zero-order valence-electron chi connectivity index (χ0n) is 22.2. The summed E-state index contributed by atoms with van der Waals surface area (Å²) in [6.45, 7) is 5.91. The van der Waals surface area contributed by atoms with Crippen LogP contribution in [-0.2, 0) is 9.59 Å². The number of hydrogen-bond acceptors (Lipinski definition) is 8. The van der Waals surface area contributed by atoms with Gasteiger partial charge in [0.1, 0.15) is 11.9 Å². The summed E-state index contributed by atoms with van der Waals surface area (Å²) < 4.78 is 1.31. The Morgan fingerprint density at radius 2 is 1.59 bits per heavy atom. The van der Waals surface area contributed by atoms with Gasteiger partial charge in [0, 0.05) is 51.5 Å². The van der Waals surface area contributed by atoms with Gasteiger partial charge < -0.3 is 26.4 Å². The van der Waals surface area contributed by atoms with Gasteiger partial charge in [0.25, 0.3) is 0 Å². The third-order valence-electron chi connectivity index (χ3n) is 7.10. The predicted octanol–water partition coefficient (Wildman–Crippen LogP) is 0.195. The van der Waals surface area contributed by atoms with Crippen LogP contribution in [0.2, 0.25) is 0 Å². The highest BCUT2D eigenvalue weighted by Gasteiger charge is 2.32. The van der Waals surface area contributed by atoms with Crippen LogP contribution >= 0.6 is 0 Å². The van der Waals surface area contributed by atoms with E-state index in [0.717, 1.165) is 12.8 Å². The summed E-state index contributed by atoms with van der Waals surface area (Å²) in [5, 5.41) is 12.5. The molecule has 13 nitrogen and oxygen atoms in total. The van der Waals surface area contributed by atoms with Crippen molar-refractivity contribution >= 4 is 23.7 Å². The first-order chi connectivity index (χ1) is 18.4. The number of hydrogen-bond donors (Lipinski definition) is 4. The number of nitrogens with one attached hydrogen (secondary N) is 1. The summed E-state index contributed by atoms with van der Waals surface area (Å²) >= 11 is 0. The molecule has 3 heterocycles. The van der Waals surface area contributed by atoms with Gasteiger partial charge in [-0.2, -0.15) is 4.98 Å². The molecule has 3 amide bonds. The lowest BCUT2D eigenvalue weighted by molar-refractivity contribution is -0.144. The van der Waals surface area contributed by atoms with Crippen LogP contribution in [0.3, 0.4) is 0 Å². The zero-order chi connectivity index (χ0) is 28.3. The van der Waals surface area contributed by atoms with Gasteiger partial charge in [-0.1, -0.05) is 12.1 Å².